The smallest absolute Gasteiger partial charge is 0.311 e. The molecule has 0 saturated carbocycles. The van der Waals surface area contributed by atoms with Crippen LogP contribution >= 0.6 is 11.8 Å². The Morgan fingerprint density at radius 3 is 2.63 bits per heavy atom. The van der Waals surface area contributed by atoms with E-state index in [1.165, 1.54) is 12.4 Å². The van der Waals surface area contributed by atoms with Crippen molar-refractivity contribution in [1.29, 1.82) is 0 Å². The van der Waals surface area contributed by atoms with Crippen LogP contribution in [-0.2, 0) is 13.2 Å². The molecule has 0 atom stereocenters. The number of nitrogen functional groups attached to an aromatic ring is 1. The summed E-state index contributed by atoms with van der Waals surface area (Å²) in [4.78, 5) is 6.67. The van der Waals surface area contributed by atoms with Crippen molar-refractivity contribution in [2.24, 2.45) is 12.9 Å². The molecule has 0 aliphatic rings. The fraction of sp³-hybridized carbons (Fsp3) is 0.250. The lowest BCUT2D eigenvalue weighted by atomic mass is 10.5. The summed E-state index contributed by atoms with van der Waals surface area (Å²) in [6, 6.07) is 1.29. The van der Waals surface area contributed by atoms with Crippen LogP contribution in [0.25, 0.3) is 0 Å². The number of aromatic nitrogens is 5. The second-order valence-electron chi connectivity index (χ2n) is 3.38. The number of nitrogens with zero attached hydrogens (tertiary/aromatic N) is 5. The zero-order valence-electron chi connectivity index (χ0n) is 9.51. The first kappa shape index (κ1) is 13.5. The summed E-state index contributed by atoms with van der Waals surface area (Å²) in [6.07, 6.45) is -3.22. The summed E-state index contributed by atoms with van der Waals surface area (Å²) in [7, 11) is 1.66. The lowest BCUT2D eigenvalue weighted by Gasteiger charge is -2.09. The minimum atomic E-state index is -4.65. The van der Waals surface area contributed by atoms with Crippen molar-refractivity contribution in [2.75, 3.05) is 5.43 Å². The van der Waals surface area contributed by atoms with E-state index < -0.39 is 12.0 Å². The fourth-order valence-corrected chi connectivity index (χ4v) is 1.91. The van der Waals surface area contributed by atoms with Crippen molar-refractivity contribution in [3.8, 4) is 0 Å². The predicted molar refractivity (Wildman–Crippen MR) is 60.0 cm³/mol. The summed E-state index contributed by atoms with van der Waals surface area (Å²) in [5, 5.41) is 7.82. The van der Waals surface area contributed by atoms with Crippen LogP contribution in [0.15, 0.2) is 22.6 Å². The molecular formula is C8H8F3N7S. The number of hydrogen-bond acceptors (Lipinski definition) is 7. The summed E-state index contributed by atoms with van der Waals surface area (Å²) < 4.78 is 39.4. The van der Waals surface area contributed by atoms with E-state index in [4.69, 9.17) is 5.84 Å². The first-order chi connectivity index (χ1) is 8.90. The number of anilines is 1. The molecule has 19 heavy (non-hydrogen) atoms. The lowest BCUT2D eigenvalue weighted by Crippen LogP contribution is -2.16. The predicted octanol–water partition coefficient (Wildman–Crippen LogP) is 1.06. The Kier molecular flexibility index (Phi) is 3.57. The van der Waals surface area contributed by atoms with Gasteiger partial charge in [0, 0.05) is 13.1 Å². The maximum atomic E-state index is 12.6. The van der Waals surface area contributed by atoms with Crippen LogP contribution in [0.1, 0.15) is 5.82 Å². The minimum absolute atomic E-state index is 0.0615. The van der Waals surface area contributed by atoms with Crippen LogP contribution in [0.3, 0.4) is 0 Å². The van der Waals surface area contributed by atoms with Gasteiger partial charge in [-0.2, -0.15) is 13.2 Å². The molecule has 0 fully saturated rings. The van der Waals surface area contributed by atoms with Gasteiger partial charge in [0.2, 0.25) is 5.82 Å². The molecule has 0 aliphatic carbocycles. The van der Waals surface area contributed by atoms with E-state index in [-0.39, 0.29) is 10.8 Å². The van der Waals surface area contributed by atoms with Crippen molar-refractivity contribution in [1.82, 2.24) is 24.7 Å². The molecule has 2 heterocycles. The third-order valence-electron chi connectivity index (χ3n) is 1.97. The standard InChI is InChI=1S/C8H8F3N7S/c1-18-3-13-17-7(18)19-5-2-4(16-12)14-6(15-5)8(9,10)11/h2-3H,12H2,1H3,(H,14,15,16). The minimum Gasteiger partial charge on any atom is -0.311 e. The van der Waals surface area contributed by atoms with Gasteiger partial charge in [0.25, 0.3) is 0 Å². The Labute approximate surface area is 109 Å². The Bertz CT molecular complexity index is 582. The molecule has 0 aromatic carbocycles. The largest absolute Gasteiger partial charge is 0.451 e. The highest BCUT2D eigenvalue weighted by Crippen LogP contribution is 2.31. The van der Waals surface area contributed by atoms with Crippen molar-refractivity contribution < 1.29 is 13.2 Å². The third kappa shape index (κ3) is 3.12. The fourth-order valence-electron chi connectivity index (χ4n) is 1.14. The Balaban J connectivity index is 2.37. The maximum absolute atomic E-state index is 12.6. The summed E-state index contributed by atoms with van der Waals surface area (Å²) in [5.41, 5.74) is 2.07. The van der Waals surface area contributed by atoms with Crippen LogP contribution < -0.4 is 11.3 Å². The zero-order valence-corrected chi connectivity index (χ0v) is 10.3. The average Bonchev–Trinajstić information content (AvgIpc) is 2.73. The number of rotatable bonds is 3. The number of nitrogens with one attached hydrogen (secondary N) is 1. The molecule has 0 amide bonds. The van der Waals surface area contributed by atoms with Gasteiger partial charge in [0.05, 0.1) is 0 Å². The van der Waals surface area contributed by atoms with E-state index in [1.54, 1.807) is 11.6 Å². The van der Waals surface area contributed by atoms with E-state index in [2.05, 4.69) is 25.6 Å². The SMILES string of the molecule is Cn1cnnc1Sc1cc(NN)nc(C(F)(F)F)n1. The Morgan fingerprint density at radius 1 is 1.37 bits per heavy atom. The second kappa shape index (κ2) is 5.01. The van der Waals surface area contributed by atoms with Gasteiger partial charge in [-0.3, -0.25) is 0 Å². The van der Waals surface area contributed by atoms with Crippen LogP contribution in [0.4, 0.5) is 19.0 Å². The summed E-state index contributed by atoms with van der Waals surface area (Å²) >= 11 is 0.923. The monoisotopic (exact) mass is 291 g/mol. The molecule has 2 aromatic rings. The van der Waals surface area contributed by atoms with Gasteiger partial charge >= 0.3 is 6.18 Å². The van der Waals surface area contributed by atoms with E-state index in [0.29, 0.717) is 5.16 Å². The van der Waals surface area contributed by atoms with Gasteiger partial charge in [-0.15, -0.1) is 10.2 Å². The highest BCUT2D eigenvalue weighted by atomic mass is 32.2. The molecule has 0 bridgehead atoms. The molecular weight excluding hydrogens is 283 g/mol. The molecule has 2 aromatic heterocycles. The van der Waals surface area contributed by atoms with Crippen molar-refractivity contribution in [3.05, 3.63) is 18.2 Å². The van der Waals surface area contributed by atoms with E-state index in [9.17, 15) is 13.2 Å². The zero-order chi connectivity index (χ0) is 14.0. The molecule has 3 N–H and O–H groups in total. The van der Waals surface area contributed by atoms with E-state index in [0.717, 1.165) is 11.8 Å². The molecule has 0 spiro atoms. The number of halogens is 3. The van der Waals surface area contributed by atoms with Crippen LogP contribution in [0.2, 0.25) is 0 Å². The van der Waals surface area contributed by atoms with Gasteiger partial charge < -0.3 is 9.99 Å². The number of nitrogens with two attached hydrogens (primary N) is 1. The lowest BCUT2D eigenvalue weighted by molar-refractivity contribution is -0.145. The molecule has 2 rings (SSSR count). The van der Waals surface area contributed by atoms with Crippen LogP contribution in [-0.4, -0.2) is 24.7 Å². The van der Waals surface area contributed by atoms with E-state index in [1.807, 2.05) is 0 Å². The number of alkyl halides is 3. The topological polar surface area (TPSA) is 94.5 Å². The molecule has 7 nitrogen and oxygen atoms in total. The van der Waals surface area contributed by atoms with Gasteiger partial charge in [0.1, 0.15) is 17.2 Å². The van der Waals surface area contributed by atoms with Gasteiger partial charge in [0.15, 0.2) is 5.16 Å². The molecule has 0 aliphatic heterocycles. The first-order valence-electron chi connectivity index (χ1n) is 4.85. The number of hydrazine groups is 1. The summed E-state index contributed by atoms with van der Waals surface area (Å²) in [5.74, 6) is 3.68. The quantitative estimate of drug-likeness (QED) is 0.496. The Hall–Kier alpha value is -1.88. The number of hydrogen-bond donors (Lipinski definition) is 2. The van der Waals surface area contributed by atoms with Crippen LogP contribution in [0, 0.1) is 0 Å². The van der Waals surface area contributed by atoms with Gasteiger partial charge in [-0.25, -0.2) is 15.8 Å². The normalized spacial score (nSPS) is 11.6. The molecule has 0 radical (unpaired) electrons. The Morgan fingerprint density at radius 2 is 2.11 bits per heavy atom. The van der Waals surface area contributed by atoms with Crippen LogP contribution in [0.5, 0.6) is 0 Å². The molecule has 102 valence electrons. The maximum Gasteiger partial charge on any atom is 0.451 e. The molecule has 11 heteroatoms. The third-order valence-corrected chi connectivity index (χ3v) is 2.94. The van der Waals surface area contributed by atoms with Crippen molar-refractivity contribution in [3.63, 3.8) is 0 Å². The average molecular weight is 291 g/mol. The highest BCUT2D eigenvalue weighted by Gasteiger charge is 2.35. The second-order valence-corrected chi connectivity index (χ2v) is 4.37. The van der Waals surface area contributed by atoms with Gasteiger partial charge in [-0.1, -0.05) is 0 Å². The first-order valence-corrected chi connectivity index (χ1v) is 5.66. The molecule has 0 unspecified atom stereocenters. The summed E-state index contributed by atoms with van der Waals surface area (Å²) in [6.45, 7) is 0. The van der Waals surface area contributed by atoms with Crippen molar-refractivity contribution >= 4 is 17.6 Å². The van der Waals surface area contributed by atoms with Gasteiger partial charge in [-0.05, 0) is 11.8 Å². The molecule has 0 saturated heterocycles. The van der Waals surface area contributed by atoms with Crippen molar-refractivity contribution in [2.45, 2.75) is 16.4 Å². The number of aryl methyl sites for hydroxylation is 1. The highest BCUT2D eigenvalue weighted by molar-refractivity contribution is 7.99. The van der Waals surface area contributed by atoms with E-state index >= 15 is 0 Å².